The molecule has 6 heteroatoms. The minimum absolute atomic E-state index is 0.200. The number of amides is 1. The van der Waals surface area contributed by atoms with Gasteiger partial charge in [0.2, 0.25) is 0 Å². The fourth-order valence-corrected chi connectivity index (χ4v) is 3.36. The van der Waals surface area contributed by atoms with Crippen molar-refractivity contribution in [2.24, 2.45) is 0 Å². The molecule has 0 heterocycles. The minimum Gasteiger partial charge on any atom is -0.268 e. The topological polar surface area (TPSA) is 66.5 Å². The lowest BCUT2D eigenvalue weighted by Gasteiger charge is -2.17. The highest BCUT2D eigenvalue weighted by molar-refractivity contribution is 7.87. The molecule has 1 N–H and O–H groups in total. The van der Waals surface area contributed by atoms with E-state index in [1.165, 1.54) is 7.05 Å². The van der Waals surface area contributed by atoms with E-state index in [1.807, 2.05) is 36.4 Å². The molecule has 0 aliphatic heterocycles. The van der Waals surface area contributed by atoms with Crippen molar-refractivity contribution in [1.82, 2.24) is 9.03 Å². The molecule has 1 aliphatic rings. The number of nitrogens with one attached hydrogen (secondary N) is 1. The number of carbonyl (C=O) groups excluding carboxylic acids is 1. The lowest BCUT2D eigenvalue weighted by molar-refractivity contribution is 0.0979. The first-order valence-electron chi connectivity index (χ1n) is 7.88. The van der Waals surface area contributed by atoms with Crippen LogP contribution < -0.4 is 4.72 Å². The predicted molar refractivity (Wildman–Crippen MR) is 92.7 cm³/mol. The third-order valence-electron chi connectivity index (χ3n) is 4.08. The maximum atomic E-state index is 12.3. The van der Waals surface area contributed by atoms with Crippen LogP contribution in [0.3, 0.4) is 0 Å². The summed E-state index contributed by atoms with van der Waals surface area (Å²) in [6.07, 6.45) is 2.26. The number of rotatable bonds is 6. The Morgan fingerprint density at radius 1 is 1.12 bits per heavy atom. The summed E-state index contributed by atoms with van der Waals surface area (Å²) in [6.45, 7) is 0.200. The van der Waals surface area contributed by atoms with Crippen LogP contribution in [-0.2, 0) is 16.8 Å². The van der Waals surface area contributed by atoms with E-state index >= 15 is 0 Å². The molecule has 0 bridgehead atoms. The highest BCUT2D eigenvalue weighted by atomic mass is 32.2. The number of hydrogen-bond donors (Lipinski definition) is 1. The van der Waals surface area contributed by atoms with Crippen LogP contribution in [0.5, 0.6) is 0 Å². The van der Waals surface area contributed by atoms with E-state index in [-0.39, 0.29) is 6.54 Å². The SMILES string of the molecule is CN(Cc1ccccc1)S(=O)(=O)NC(=O)c1cccc(C2CC2)c1. The average molecular weight is 344 g/mol. The van der Waals surface area contributed by atoms with Crippen molar-refractivity contribution in [2.75, 3.05) is 7.05 Å². The number of nitrogens with zero attached hydrogens (tertiary/aromatic N) is 1. The molecule has 0 spiro atoms. The largest absolute Gasteiger partial charge is 0.304 e. The van der Waals surface area contributed by atoms with Gasteiger partial charge in [-0.3, -0.25) is 4.79 Å². The molecule has 1 aliphatic carbocycles. The zero-order chi connectivity index (χ0) is 17.2. The maximum absolute atomic E-state index is 12.3. The fraction of sp³-hybridized carbons (Fsp3) is 0.278. The van der Waals surface area contributed by atoms with Gasteiger partial charge in [0, 0.05) is 19.2 Å². The zero-order valence-electron chi connectivity index (χ0n) is 13.5. The molecule has 5 nitrogen and oxygen atoms in total. The van der Waals surface area contributed by atoms with Gasteiger partial charge in [-0.2, -0.15) is 12.7 Å². The Morgan fingerprint density at radius 3 is 2.50 bits per heavy atom. The lowest BCUT2D eigenvalue weighted by Crippen LogP contribution is -2.41. The molecule has 0 unspecified atom stereocenters. The van der Waals surface area contributed by atoms with E-state index in [0.717, 1.165) is 28.3 Å². The van der Waals surface area contributed by atoms with Crippen LogP contribution in [0, 0.1) is 0 Å². The summed E-state index contributed by atoms with van der Waals surface area (Å²) in [5.74, 6) is -0.0903. The minimum atomic E-state index is -3.89. The summed E-state index contributed by atoms with van der Waals surface area (Å²) in [5, 5.41) is 0. The Morgan fingerprint density at radius 2 is 1.83 bits per heavy atom. The molecule has 2 aromatic rings. The summed E-state index contributed by atoms with van der Waals surface area (Å²) in [7, 11) is -2.44. The van der Waals surface area contributed by atoms with Crippen LogP contribution in [-0.4, -0.2) is 25.7 Å². The van der Waals surface area contributed by atoms with Gasteiger partial charge in [-0.25, -0.2) is 4.72 Å². The molecule has 1 fully saturated rings. The molecule has 0 radical (unpaired) electrons. The van der Waals surface area contributed by atoms with Gasteiger partial charge in [0.1, 0.15) is 0 Å². The van der Waals surface area contributed by atoms with Gasteiger partial charge in [0.15, 0.2) is 0 Å². The Bertz CT molecular complexity index is 830. The Balaban J connectivity index is 1.69. The van der Waals surface area contributed by atoms with Gasteiger partial charge in [-0.1, -0.05) is 42.5 Å². The summed E-state index contributed by atoms with van der Waals surface area (Å²) in [5.41, 5.74) is 2.32. The van der Waals surface area contributed by atoms with Crippen molar-refractivity contribution in [1.29, 1.82) is 0 Å². The average Bonchev–Trinajstić information content (AvgIpc) is 3.40. The van der Waals surface area contributed by atoms with Gasteiger partial charge in [0.05, 0.1) is 0 Å². The van der Waals surface area contributed by atoms with Gasteiger partial charge in [-0.15, -0.1) is 0 Å². The number of carbonyl (C=O) groups is 1. The number of benzene rings is 2. The quantitative estimate of drug-likeness (QED) is 0.876. The van der Waals surface area contributed by atoms with Crippen LogP contribution in [0.4, 0.5) is 0 Å². The standard InChI is InChI=1S/C18H20N2O3S/c1-20(13-14-6-3-2-4-7-14)24(22,23)19-18(21)17-9-5-8-16(12-17)15-10-11-15/h2-9,12,15H,10-11,13H2,1H3,(H,19,21). The highest BCUT2D eigenvalue weighted by Gasteiger charge is 2.25. The van der Waals surface area contributed by atoms with E-state index in [4.69, 9.17) is 0 Å². The van der Waals surface area contributed by atoms with E-state index in [2.05, 4.69) is 4.72 Å². The molecule has 0 saturated heterocycles. The molecule has 1 saturated carbocycles. The highest BCUT2D eigenvalue weighted by Crippen LogP contribution is 2.40. The van der Waals surface area contributed by atoms with Crippen LogP contribution in [0.1, 0.15) is 40.2 Å². The van der Waals surface area contributed by atoms with E-state index < -0.39 is 16.1 Å². The normalized spacial score (nSPS) is 14.6. The van der Waals surface area contributed by atoms with E-state index in [1.54, 1.807) is 18.2 Å². The van der Waals surface area contributed by atoms with Gasteiger partial charge in [-0.05, 0) is 42.0 Å². The summed E-state index contributed by atoms with van der Waals surface area (Å²) >= 11 is 0. The van der Waals surface area contributed by atoms with E-state index in [9.17, 15) is 13.2 Å². The zero-order valence-corrected chi connectivity index (χ0v) is 14.3. The van der Waals surface area contributed by atoms with Gasteiger partial charge < -0.3 is 0 Å². The number of hydrogen-bond acceptors (Lipinski definition) is 3. The second kappa shape index (κ2) is 6.75. The van der Waals surface area contributed by atoms with Crippen LogP contribution in [0.25, 0.3) is 0 Å². The molecule has 2 aromatic carbocycles. The molecule has 1 amide bonds. The summed E-state index contributed by atoms with van der Waals surface area (Å²) in [4.78, 5) is 12.3. The van der Waals surface area contributed by atoms with Crippen LogP contribution >= 0.6 is 0 Å². The Kier molecular flexibility index (Phi) is 4.69. The predicted octanol–water partition coefficient (Wildman–Crippen LogP) is 2.67. The first-order chi connectivity index (χ1) is 11.5. The summed E-state index contributed by atoms with van der Waals surface area (Å²) < 4.78 is 28.0. The second-order valence-electron chi connectivity index (χ2n) is 6.08. The molecular formula is C18H20N2O3S. The fourth-order valence-electron chi connectivity index (χ4n) is 2.53. The second-order valence-corrected chi connectivity index (χ2v) is 7.86. The third-order valence-corrected chi connectivity index (χ3v) is 5.47. The van der Waals surface area contributed by atoms with E-state index in [0.29, 0.717) is 11.5 Å². The summed E-state index contributed by atoms with van der Waals surface area (Å²) in [6, 6.07) is 16.4. The van der Waals surface area contributed by atoms with Gasteiger partial charge >= 0.3 is 10.2 Å². The first-order valence-corrected chi connectivity index (χ1v) is 9.32. The third kappa shape index (κ3) is 4.01. The molecule has 3 rings (SSSR count). The molecular weight excluding hydrogens is 324 g/mol. The van der Waals surface area contributed by atoms with Gasteiger partial charge in [0.25, 0.3) is 5.91 Å². The molecule has 0 atom stereocenters. The van der Waals surface area contributed by atoms with Crippen molar-refractivity contribution >= 4 is 16.1 Å². The first kappa shape index (κ1) is 16.7. The monoisotopic (exact) mass is 344 g/mol. The van der Waals surface area contributed by atoms with Crippen LogP contribution in [0.15, 0.2) is 54.6 Å². The van der Waals surface area contributed by atoms with Crippen molar-refractivity contribution in [3.05, 3.63) is 71.3 Å². The molecule has 0 aromatic heterocycles. The smallest absolute Gasteiger partial charge is 0.268 e. The maximum Gasteiger partial charge on any atom is 0.304 e. The van der Waals surface area contributed by atoms with Crippen LogP contribution in [0.2, 0.25) is 0 Å². The van der Waals surface area contributed by atoms with Crippen molar-refractivity contribution in [3.8, 4) is 0 Å². The Labute approximate surface area is 142 Å². The van der Waals surface area contributed by atoms with Crippen molar-refractivity contribution in [3.63, 3.8) is 0 Å². The Hall–Kier alpha value is -2.18. The molecule has 126 valence electrons. The molecule has 24 heavy (non-hydrogen) atoms. The van der Waals surface area contributed by atoms with Crippen molar-refractivity contribution in [2.45, 2.75) is 25.3 Å². The van der Waals surface area contributed by atoms with Crippen molar-refractivity contribution < 1.29 is 13.2 Å². The lowest BCUT2D eigenvalue weighted by atomic mass is 10.1.